The van der Waals surface area contributed by atoms with Gasteiger partial charge in [0.15, 0.2) is 0 Å². The van der Waals surface area contributed by atoms with Crippen LogP contribution >= 0.6 is 15.9 Å². The zero-order valence-corrected chi connectivity index (χ0v) is 15.8. The summed E-state index contributed by atoms with van der Waals surface area (Å²) >= 11 is 3.59. The summed E-state index contributed by atoms with van der Waals surface area (Å²) in [4.78, 5) is 7.17. The Hall–Kier alpha value is -2.37. The zero-order chi connectivity index (χ0) is 17.9. The predicted molar refractivity (Wildman–Crippen MR) is 106 cm³/mol. The van der Waals surface area contributed by atoms with Gasteiger partial charge in [-0.05, 0) is 36.2 Å². The highest BCUT2D eigenvalue weighted by molar-refractivity contribution is 9.10. The average Bonchev–Trinajstić information content (AvgIpc) is 3.20. The molecule has 0 saturated carbocycles. The number of amidine groups is 1. The molecule has 1 aromatic heterocycles. The largest absolute Gasteiger partial charge is 0.472 e. The highest BCUT2D eigenvalue weighted by atomic mass is 79.9. The maximum atomic E-state index is 9.42. The molecule has 5 heteroatoms. The van der Waals surface area contributed by atoms with Gasteiger partial charge in [-0.15, -0.1) is 0 Å². The van der Waals surface area contributed by atoms with E-state index in [4.69, 9.17) is 9.41 Å². The maximum Gasteiger partial charge on any atom is 0.140 e. The topological polar surface area (TPSA) is 49.0 Å². The van der Waals surface area contributed by atoms with Gasteiger partial charge in [-0.2, -0.15) is 0 Å². The fourth-order valence-corrected chi connectivity index (χ4v) is 3.79. The monoisotopic (exact) mass is 410 g/mol. The average molecular weight is 411 g/mol. The van der Waals surface area contributed by atoms with Gasteiger partial charge in [-0.3, -0.25) is 0 Å². The molecule has 0 radical (unpaired) electrons. The van der Waals surface area contributed by atoms with Gasteiger partial charge in [0, 0.05) is 23.2 Å². The van der Waals surface area contributed by atoms with Crippen LogP contribution in [-0.2, 0) is 0 Å². The summed E-state index contributed by atoms with van der Waals surface area (Å²) in [7, 11) is 0. The van der Waals surface area contributed by atoms with Crippen LogP contribution in [0, 0.1) is 0 Å². The summed E-state index contributed by atoms with van der Waals surface area (Å²) in [6, 6.07) is 18.6. The Balaban J connectivity index is 1.91. The molecule has 0 saturated heterocycles. The molecular formula is C21H19BrN2O2. The standard InChI is InChI=1S/C21H19BrN2O2/c22-17-7-8-19-18(13-17)20(15-5-2-1-3-6-15)24(10-4-11-25)21(23-19)16-9-12-26-14-16/h1-3,5-9,12-14,20,25H,4,10-11H2. The normalized spacial score (nSPS) is 16.3. The smallest absolute Gasteiger partial charge is 0.140 e. The number of aliphatic imine (C=N–C) groups is 1. The Morgan fingerprint density at radius 2 is 1.96 bits per heavy atom. The van der Waals surface area contributed by atoms with E-state index in [9.17, 15) is 5.11 Å². The molecule has 0 amide bonds. The van der Waals surface area contributed by atoms with Crippen LogP contribution in [0.25, 0.3) is 0 Å². The second-order valence-corrected chi connectivity index (χ2v) is 7.15. The Morgan fingerprint density at radius 1 is 1.12 bits per heavy atom. The summed E-state index contributed by atoms with van der Waals surface area (Å²) in [5.41, 5.74) is 4.24. The number of rotatable bonds is 5. The van der Waals surface area contributed by atoms with E-state index in [2.05, 4.69) is 51.2 Å². The lowest BCUT2D eigenvalue weighted by molar-refractivity contribution is 0.254. The first-order valence-corrected chi connectivity index (χ1v) is 9.40. The summed E-state index contributed by atoms with van der Waals surface area (Å²) in [6.07, 6.45) is 4.05. The molecule has 1 aliphatic heterocycles. The highest BCUT2D eigenvalue weighted by Crippen LogP contribution is 2.41. The molecule has 0 spiro atoms. The number of fused-ring (bicyclic) bond motifs is 1. The molecule has 2 heterocycles. The molecule has 1 aliphatic rings. The Labute approximate surface area is 160 Å². The van der Waals surface area contributed by atoms with E-state index < -0.39 is 0 Å². The van der Waals surface area contributed by atoms with Crippen LogP contribution in [0.5, 0.6) is 0 Å². The number of nitrogens with zero attached hydrogens (tertiary/aromatic N) is 2. The molecule has 132 valence electrons. The molecular weight excluding hydrogens is 392 g/mol. The van der Waals surface area contributed by atoms with Gasteiger partial charge in [0.1, 0.15) is 12.1 Å². The minimum absolute atomic E-state index is 0.0256. The van der Waals surface area contributed by atoms with Gasteiger partial charge in [-0.25, -0.2) is 4.99 Å². The minimum atomic E-state index is 0.0256. The van der Waals surface area contributed by atoms with Gasteiger partial charge in [0.2, 0.25) is 0 Å². The highest BCUT2D eigenvalue weighted by Gasteiger charge is 2.32. The molecule has 4 rings (SSSR count). The first-order valence-electron chi connectivity index (χ1n) is 8.61. The summed E-state index contributed by atoms with van der Waals surface area (Å²) < 4.78 is 6.33. The lowest BCUT2D eigenvalue weighted by Gasteiger charge is -2.38. The van der Waals surface area contributed by atoms with Crippen molar-refractivity contribution in [2.24, 2.45) is 4.99 Å². The van der Waals surface area contributed by atoms with Crippen molar-refractivity contribution in [1.29, 1.82) is 0 Å². The first-order chi connectivity index (χ1) is 12.8. The van der Waals surface area contributed by atoms with Gasteiger partial charge in [0.25, 0.3) is 0 Å². The molecule has 4 nitrogen and oxygen atoms in total. The lowest BCUT2D eigenvalue weighted by atomic mass is 9.93. The van der Waals surface area contributed by atoms with E-state index in [0.717, 1.165) is 27.1 Å². The van der Waals surface area contributed by atoms with Crippen LogP contribution in [0.1, 0.15) is 29.2 Å². The van der Waals surface area contributed by atoms with E-state index in [1.807, 2.05) is 24.3 Å². The van der Waals surface area contributed by atoms with Crippen LogP contribution in [-0.4, -0.2) is 29.0 Å². The van der Waals surface area contributed by atoms with Gasteiger partial charge in [0.05, 0.1) is 23.6 Å². The predicted octanol–water partition coefficient (Wildman–Crippen LogP) is 4.91. The number of benzene rings is 2. The van der Waals surface area contributed by atoms with E-state index >= 15 is 0 Å². The SMILES string of the molecule is OCCCN1C(c2ccoc2)=Nc2ccc(Br)cc2C1c1ccccc1. The zero-order valence-electron chi connectivity index (χ0n) is 14.2. The quantitative estimate of drug-likeness (QED) is 0.649. The fourth-order valence-electron chi connectivity index (χ4n) is 3.41. The second kappa shape index (κ2) is 7.48. The first kappa shape index (κ1) is 17.1. The van der Waals surface area contributed by atoms with Gasteiger partial charge < -0.3 is 14.4 Å². The summed E-state index contributed by atoms with van der Waals surface area (Å²) in [5.74, 6) is 0.871. The number of aliphatic hydroxyl groups is 1. The molecule has 1 N–H and O–H groups in total. The molecule has 0 fully saturated rings. The van der Waals surface area contributed by atoms with Crippen LogP contribution in [0.4, 0.5) is 5.69 Å². The molecule has 2 aromatic carbocycles. The third kappa shape index (κ3) is 3.20. The number of aliphatic hydroxyl groups excluding tert-OH is 1. The summed E-state index contributed by atoms with van der Waals surface area (Å²) in [5, 5.41) is 9.42. The second-order valence-electron chi connectivity index (χ2n) is 6.23. The maximum absolute atomic E-state index is 9.42. The number of hydrogen-bond acceptors (Lipinski definition) is 4. The van der Waals surface area contributed by atoms with E-state index in [0.29, 0.717) is 13.0 Å². The van der Waals surface area contributed by atoms with Crippen LogP contribution in [0.2, 0.25) is 0 Å². The van der Waals surface area contributed by atoms with Crippen molar-refractivity contribution in [2.45, 2.75) is 12.5 Å². The van der Waals surface area contributed by atoms with Crippen LogP contribution in [0.3, 0.4) is 0 Å². The number of furan rings is 1. The Kier molecular flexibility index (Phi) is 4.91. The molecule has 1 atom stereocenters. The van der Waals surface area contributed by atoms with Crippen molar-refractivity contribution < 1.29 is 9.52 Å². The third-order valence-corrected chi connectivity index (χ3v) is 5.04. The van der Waals surface area contributed by atoms with E-state index in [1.54, 1.807) is 12.5 Å². The van der Waals surface area contributed by atoms with E-state index in [1.165, 1.54) is 5.56 Å². The molecule has 26 heavy (non-hydrogen) atoms. The van der Waals surface area contributed by atoms with Crippen molar-refractivity contribution in [2.75, 3.05) is 13.2 Å². The summed E-state index contributed by atoms with van der Waals surface area (Å²) in [6.45, 7) is 0.841. The van der Waals surface area contributed by atoms with Crippen molar-refractivity contribution in [1.82, 2.24) is 4.90 Å². The molecule has 3 aromatic rings. The van der Waals surface area contributed by atoms with Crippen molar-refractivity contribution in [3.05, 3.63) is 88.3 Å². The number of hydrogen-bond donors (Lipinski definition) is 1. The lowest BCUT2D eigenvalue weighted by Crippen LogP contribution is -2.39. The molecule has 1 unspecified atom stereocenters. The third-order valence-electron chi connectivity index (χ3n) is 4.55. The van der Waals surface area contributed by atoms with E-state index in [-0.39, 0.29) is 12.6 Å². The van der Waals surface area contributed by atoms with Crippen molar-refractivity contribution in [3.8, 4) is 0 Å². The number of halogens is 1. The van der Waals surface area contributed by atoms with Gasteiger partial charge >= 0.3 is 0 Å². The van der Waals surface area contributed by atoms with Gasteiger partial charge in [-0.1, -0.05) is 46.3 Å². The van der Waals surface area contributed by atoms with Crippen molar-refractivity contribution >= 4 is 27.5 Å². The van der Waals surface area contributed by atoms with Crippen molar-refractivity contribution in [3.63, 3.8) is 0 Å². The van der Waals surface area contributed by atoms with Crippen LogP contribution < -0.4 is 0 Å². The Morgan fingerprint density at radius 3 is 2.69 bits per heavy atom. The Bertz CT molecular complexity index is 907. The fraction of sp³-hybridized carbons (Fsp3) is 0.190. The minimum Gasteiger partial charge on any atom is -0.472 e. The molecule has 0 aliphatic carbocycles. The molecule has 0 bridgehead atoms. The van der Waals surface area contributed by atoms with Crippen LogP contribution in [0.15, 0.2) is 81.0 Å².